The molecule has 120 valence electrons. The summed E-state index contributed by atoms with van der Waals surface area (Å²) in [6.07, 6.45) is 0. The van der Waals surface area contributed by atoms with Crippen LogP contribution in [-0.4, -0.2) is 21.1 Å². The molecule has 0 saturated carbocycles. The molecule has 0 aliphatic carbocycles. The van der Waals surface area contributed by atoms with Crippen LogP contribution in [0.4, 0.5) is 5.13 Å². The van der Waals surface area contributed by atoms with E-state index < -0.39 is 0 Å². The first kappa shape index (κ1) is 16.1. The number of aryl methyl sites for hydroxylation is 2. The molecule has 0 fully saturated rings. The predicted octanol–water partition coefficient (Wildman–Crippen LogP) is 4.77. The number of carbonyl (C=O) groups is 1. The fraction of sp³-hybridized carbons (Fsp3) is 0.312. The van der Waals surface area contributed by atoms with Crippen LogP contribution >= 0.6 is 27.3 Å². The van der Waals surface area contributed by atoms with Crippen molar-refractivity contribution in [3.05, 3.63) is 39.1 Å². The number of halogens is 1. The third-order valence-corrected chi connectivity index (χ3v) is 5.30. The standard InChI is InChI=1S/C16H17BrN4OS/c1-7(2)12-11(17)14(21-20-12)15(22)19-16-18-13-9(4)5-8(3)6-10(13)23-16/h5-7H,1-4H3,(H,20,21)(H,18,19,22). The van der Waals surface area contributed by atoms with Crippen molar-refractivity contribution < 1.29 is 4.79 Å². The molecular formula is C16H17BrN4OS. The maximum atomic E-state index is 12.4. The molecule has 0 unspecified atom stereocenters. The number of nitrogens with zero attached hydrogens (tertiary/aromatic N) is 2. The molecule has 0 atom stereocenters. The number of aromatic nitrogens is 3. The number of amides is 1. The maximum Gasteiger partial charge on any atom is 0.279 e. The van der Waals surface area contributed by atoms with Crippen LogP contribution in [0.5, 0.6) is 0 Å². The summed E-state index contributed by atoms with van der Waals surface area (Å²) in [5.41, 5.74) is 4.49. The van der Waals surface area contributed by atoms with Gasteiger partial charge < -0.3 is 0 Å². The van der Waals surface area contributed by atoms with Crippen LogP contribution in [0.1, 0.15) is 47.1 Å². The Bertz CT molecular complexity index is 897. The van der Waals surface area contributed by atoms with Gasteiger partial charge in [-0.3, -0.25) is 15.2 Å². The van der Waals surface area contributed by atoms with Crippen LogP contribution < -0.4 is 5.32 Å². The highest BCUT2D eigenvalue weighted by atomic mass is 79.9. The van der Waals surface area contributed by atoms with E-state index in [1.165, 1.54) is 16.9 Å². The number of hydrogen-bond donors (Lipinski definition) is 2. The molecule has 3 aromatic rings. The smallest absolute Gasteiger partial charge is 0.279 e. The number of hydrogen-bond acceptors (Lipinski definition) is 4. The number of fused-ring (bicyclic) bond motifs is 1. The third kappa shape index (κ3) is 3.03. The molecule has 2 aromatic heterocycles. The Kier molecular flexibility index (Phi) is 4.25. The number of aromatic amines is 1. The lowest BCUT2D eigenvalue weighted by atomic mass is 10.1. The second-order valence-corrected chi connectivity index (χ2v) is 7.68. The second kappa shape index (κ2) is 6.05. The van der Waals surface area contributed by atoms with Crippen LogP contribution in [0.25, 0.3) is 10.2 Å². The Morgan fingerprint density at radius 3 is 2.74 bits per heavy atom. The topological polar surface area (TPSA) is 70.7 Å². The van der Waals surface area contributed by atoms with Crippen molar-refractivity contribution in [1.82, 2.24) is 15.2 Å². The molecule has 5 nitrogen and oxygen atoms in total. The highest BCUT2D eigenvalue weighted by Gasteiger charge is 2.20. The second-order valence-electron chi connectivity index (χ2n) is 5.86. The number of H-pyrrole nitrogens is 1. The van der Waals surface area contributed by atoms with Gasteiger partial charge in [0.05, 0.1) is 20.4 Å². The molecule has 0 radical (unpaired) electrons. The van der Waals surface area contributed by atoms with Crippen molar-refractivity contribution in [1.29, 1.82) is 0 Å². The zero-order valence-electron chi connectivity index (χ0n) is 13.3. The Morgan fingerprint density at radius 1 is 1.35 bits per heavy atom. The van der Waals surface area contributed by atoms with Crippen molar-refractivity contribution >= 4 is 48.5 Å². The van der Waals surface area contributed by atoms with Gasteiger partial charge in [0.15, 0.2) is 10.8 Å². The first-order valence-electron chi connectivity index (χ1n) is 7.29. The van der Waals surface area contributed by atoms with Crippen LogP contribution in [0, 0.1) is 13.8 Å². The zero-order chi connectivity index (χ0) is 16.7. The minimum absolute atomic E-state index is 0.256. The van der Waals surface area contributed by atoms with Crippen molar-refractivity contribution in [2.75, 3.05) is 5.32 Å². The number of nitrogens with one attached hydrogen (secondary N) is 2. The molecule has 0 saturated heterocycles. The van der Waals surface area contributed by atoms with E-state index in [0.29, 0.717) is 15.3 Å². The summed E-state index contributed by atoms with van der Waals surface area (Å²) in [6, 6.07) is 4.17. The summed E-state index contributed by atoms with van der Waals surface area (Å²) in [4.78, 5) is 17.0. The molecule has 3 rings (SSSR count). The molecule has 2 heterocycles. The van der Waals surface area contributed by atoms with Crippen molar-refractivity contribution in [2.45, 2.75) is 33.6 Å². The predicted molar refractivity (Wildman–Crippen MR) is 97.4 cm³/mol. The van der Waals surface area contributed by atoms with Gasteiger partial charge in [-0.05, 0) is 52.9 Å². The fourth-order valence-corrected chi connectivity index (χ4v) is 4.31. The molecule has 7 heteroatoms. The van der Waals surface area contributed by atoms with Gasteiger partial charge in [-0.2, -0.15) is 5.10 Å². The normalized spacial score (nSPS) is 11.4. The number of thiazole rings is 1. The minimum atomic E-state index is -0.270. The van der Waals surface area contributed by atoms with E-state index >= 15 is 0 Å². The van der Waals surface area contributed by atoms with E-state index in [1.807, 2.05) is 20.8 Å². The molecule has 0 aliphatic heterocycles. The summed E-state index contributed by atoms with van der Waals surface area (Å²) >= 11 is 4.92. The number of rotatable bonds is 3. The molecular weight excluding hydrogens is 376 g/mol. The van der Waals surface area contributed by atoms with E-state index in [2.05, 4.69) is 55.5 Å². The van der Waals surface area contributed by atoms with Gasteiger partial charge in [0.2, 0.25) is 0 Å². The maximum absolute atomic E-state index is 12.4. The van der Waals surface area contributed by atoms with E-state index in [1.54, 1.807) is 0 Å². The Labute approximate surface area is 146 Å². The number of carbonyl (C=O) groups excluding carboxylic acids is 1. The van der Waals surface area contributed by atoms with Gasteiger partial charge in [-0.25, -0.2) is 4.98 Å². The van der Waals surface area contributed by atoms with E-state index in [0.717, 1.165) is 21.5 Å². The molecule has 0 aliphatic rings. The Balaban J connectivity index is 1.90. The molecule has 1 aromatic carbocycles. The SMILES string of the molecule is Cc1cc(C)c2nc(NC(=O)c3n[nH]c(C(C)C)c3Br)sc2c1. The van der Waals surface area contributed by atoms with Gasteiger partial charge in [0, 0.05) is 0 Å². The summed E-state index contributed by atoms with van der Waals surface area (Å²) in [5, 5.41) is 10.4. The summed E-state index contributed by atoms with van der Waals surface area (Å²) in [7, 11) is 0. The van der Waals surface area contributed by atoms with Gasteiger partial charge in [-0.15, -0.1) is 0 Å². The first-order chi connectivity index (χ1) is 10.9. The molecule has 23 heavy (non-hydrogen) atoms. The average Bonchev–Trinajstić information content (AvgIpc) is 3.02. The molecule has 2 N–H and O–H groups in total. The van der Waals surface area contributed by atoms with E-state index in [9.17, 15) is 4.79 Å². The Morgan fingerprint density at radius 2 is 2.09 bits per heavy atom. The Hall–Kier alpha value is -1.73. The van der Waals surface area contributed by atoms with Crippen molar-refractivity contribution in [3.8, 4) is 0 Å². The number of benzene rings is 1. The van der Waals surface area contributed by atoms with Gasteiger partial charge >= 0.3 is 0 Å². The average molecular weight is 393 g/mol. The summed E-state index contributed by atoms with van der Waals surface area (Å²) < 4.78 is 1.78. The fourth-order valence-electron chi connectivity index (χ4n) is 2.46. The monoisotopic (exact) mass is 392 g/mol. The highest BCUT2D eigenvalue weighted by Crippen LogP contribution is 2.30. The van der Waals surface area contributed by atoms with Crippen LogP contribution in [0.15, 0.2) is 16.6 Å². The summed E-state index contributed by atoms with van der Waals surface area (Å²) in [6.45, 7) is 8.16. The molecule has 0 bridgehead atoms. The molecule has 0 spiro atoms. The van der Waals surface area contributed by atoms with Crippen LogP contribution in [0.2, 0.25) is 0 Å². The first-order valence-corrected chi connectivity index (χ1v) is 8.90. The minimum Gasteiger partial charge on any atom is -0.296 e. The lowest BCUT2D eigenvalue weighted by Gasteiger charge is -2.01. The van der Waals surface area contributed by atoms with Gasteiger partial charge in [0.1, 0.15) is 0 Å². The summed E-state index contributed by atoms with van der Waals surface area (Å²) in [5.74, 6) is -0.0139. The third-order valence-electron chi connectivity index (χ3n) is 3.58. The largest absolute Gasteiger partial charge is 0.296 e. The van der Waals surface area contributed by atoms with Gasteiger partial charge in [-0.1, -0.05) is 31.3 Å². The van der Waals surface area contributed by atoms with Crippen LogP contribution in [-0.2, 0) is 0 Å². The van der Waals surface area contributed by atoms with E-state index in [4.69, 9.17) is 0 Å². The highest BCUT2D eigenvalue weighted by molar-refractivity contribution is 9.10. The van der Waals surface area contributed by atoms with Crippen molar-refractivity contribution in [3.63, 3.8) is 0 Å². The lowest BCUT2D eigenvalue weighted by Crippen LogP contribution is -2.12. The zero-order valence-corrected chi connectivity index (χ0v) is 15.7. The lowest BCUT2D eigenvalue weighted by molar-refractivity contribution is 0.102. The van der Waals surface area contributed by atoms with E-state index in [-0.39, 0.29) is 11.8 Å². The van der Waals surface area contributed by atoms with Crippen molar-refractivity contribution in [2.24, 2.45) is 0 Å². The quantitative estimate of drug-likeness (QED) is 0.673. The van der Waals surface area contributed by atoms with Crippen LogP contribution in [0.3, 0.4) is 0 Å². The molecule has 1 amide bonds. The number of anilines is 1. The van der Waals surface area contributed by atoms with Gasteiger partial charge in [0.25, 0.3) is 5.91 Å².